The van der Waals surface area contributed by atoms with Gasteiger partial charge >= 0.3 is 0 Å². The van der Waals surface area contributed by atoms with Gasteiger partial charge in [-0.2, -0.15) is 0 Å². The maximum absolute atomic E-state index is 6.20. The number of nitrogens with one attached hydrogen (secondary N) is 1. The molecule has 0 radical (unpaired) electrons. The number of benzene rings is 1. The van der Waals surface area contributed by atoms with Gasteiger partial charge in [-0.1, -0.05) is 11.6 Å². The standard InChI is InChI=1S/C22H34ClN3O2/c1-27-21-13-19(24)18(23)12-17(21)22-20(28-22)3-2-15-6-10-26(11-7-15)14-16-4-8-25-9-5-16/h12-13,15-16,20,22,25H,2-11,14,24H2,1H3. The largest absolute Gasteiger partial charge is 0.496 e. The second-order valence-corrected chi connectivity index (χ2v) is 9.13. The number of piperidine rings is 2. The van der Waals surface area contributed by atoms with Crippen LogP contribution in [-0.2, 0) is 4.74 Å². The second-order valence-electron chi connectivity index (χ2n) is 8.73. The molecule has 1 aromatic carbocycles. The van der Waals surface area contributed by atoms with Gasteiger partial charge in [0.2, 0.25) is 0 Å². The zero-order valence-electron chi connectivity index (χ0n) is 17.0. The summed E-state index contributed by atoms with van der Waals surface area (Å²) in [6, 6.07) is 3.70. The van der Waals surface area contributed by atoms with Gasteiger partial charge in [0, 0.05) is 18.2 Å². The Bertz CT molecular complexity index is 657. The van der Waals surface area contributed by atoms with Crippen LogP contribution in [0.3, 0.4) is 0 Å². The number of rotatable bonds is 7. The van der Waals surface area contributed by atoms with E-state index in [0.717, 1.165) is 29.6 Å². The average Bonchev–Trinajstić information content (AvgIpc) is 3.49. The first kappa shape index (κ1) is 20.3. The molecule has 0 saturated carbocycles. The molecule has 5 nitrogen and oxygen atoms in total. The minimum atomic E-state index is 0.105. The van der Waals surface area contributed by atoms with Crippen molar-refractivity contribution in [3.63, 3.8) is 0 Å². The molecule has 1 aromatic rings. The lowest BCUT2D eigenvalue weighted by atomic mass is 9.89. The molecule has 0 bridgehead atoms. The van der Waals surface area contributed by atoms with Gasteiger partial charge in [0.1, 0.15) is 11.9 Å². The van der Waals surface area contributed by atoms with E-state index >= 15 is 0 Å². The predicted octanol–water partition coefficient (Wildman–Crippen LogP) is 3.86. The van der Waals surface area contributed by atoms with Crippen molar-refractivity contribution in [3.05, 3.63) is 22.7 Å². The quantitative estimate of drug-likeness (QED) is 0.530. The highest BCUT2D eigenvalue weighted by molar-refractivity contribution is 6.33. The van der Waals surface area contributed by atoms with Crippen LogP contribution in [0.2, 0.25) is 5.02 Å². The third-order valence-electron chi connectivity index (χ3n) is 6.78. The third kappa shape index (κ3) is 4.93. The number of methoxy groups -OCH3 is 1. The van der Waals surface area contributed by atoms with Crippen molar-refractivity contribution in [2.45, 2.75) is 50.7 Å². The lowest BCUT2D eigenvalue weighted by molar-refractivity contribution is 0.143. The predicted molar refractivity (Wildman–Crippen MR) is 114 cm³/mol. The SMILES string of the molecule is COc1cc(N)c(Cl)cc1C1OC1CCC1CCN(CC2CCNCC2)CC1. The molecule has 156 valence electrons. The maximum atomic E-state index is 6.20. The number of ether oxygens (including phenoxy) is 2. The third-order valence-corrected chi connectivity index (χ3v) is 7.11. The molecular formula is C22H34ClN3O2. The van der Waals surface area contributed by atoms with Gasteiger partial charge in [-0.25, -0.2) is 0 Å². The van der Waals surface area contributed by atoms with Gasteiger partial charge in [-0.15, -0.1) is 0 Å². The molecule has 6 heteroatoms. The van der Waals surface area contributed by atoms with Crippen molar-refractivity contribution in [1.82, 2.24) is 10.2 Å². The van der Waals surface area contributed by atoms with E-state index in [1.54, 1.807) is 13.2 Å². The highest BCUT2D eigenvalue weighted by Gasteiger charge is 2.42. The molecule has 3 fully saturated rings. The van der Waals surface area contributed by atoms with E-state index in [4.69, 9.17) is 26.8 Å². The van der Waals surface area contributed by atoms with E-state index < -0.39 is 0 Å². The Labute approximate surface area is 173 Å². The molecule has 0 amide bonds. The summed E-state index contributed by atoms with van der Waals surface area (Å²) < 4.78 is 11.4. The van der Waals surface area contributed by atoms with Crippen LogP contribution >= 0.6 is 11.6 Å². The second kappa shape index (κ2) is 9.21. The highest BCUT2D eigenvalue weighted by Crippen LogP contribution is 2.47. The van der Waals surface area contributed by atoms with Crippen molar-refractivity contribution < 1.29 is 9.47 Å². The number of hydrogen-bond acceptors (Lipinski definition) is 5. The van der Waals surface area contributed by atoms with Crippen molar-refractivity contribution in [1.29, 1.82) is 0 Å². The van der Waals surface area contributed by atoms with Gasteiger partial charge in [0.25, 0.3) is 0 Å². The molecule has 3 aliphatic rings. The van der Waals surface area contributed by atoms with Gasteiger partial charge in [0.05, 0.1) is 23.9 Å². The Morgan fingerprint density at radius 3 is 2.61 bits per heavy atom. The Morgan fingerprint density at radius 1 is 1.14 bits per heavy atom. The molecule has 0 aliphatic carbocycles. The molecule has 3 aliphatic heterocycles. The molecule has 4 rings (SSSR count). The monoisotopic (exact) mass is 407 g/mol. The fourth-order valence-electron chi connectivity index (χ4n) is 4.91. The summed E-state index contributed by atoms with van der Waals surface area (Å²) >= 11 is 6.20. The maximum Gasteiger partial charge on any atom is 0.126 e. The van der Waals surface area contributed by atoms with Crippen LogP contribution < -0.4 is 15.8 Å². The van der Waals surface area contributed by atoms with Gasteiger partial charge in [0.15, 0.2) is 0 Å². The minimum absolute atomic E-state index is 0.105. The van der Waals surface area contributed by atoms with Gasteiger partial charge < -0.3 is 25.4 Å². The van der Waals surface area contributed by atoms with E-state index in [2.05, 4.69) is 10.2 Å². The van der Waals surface area contributed by atoms with Crippen LogP contribution in [0.1, 0.15) is 50.2 Å². The molecule has 3 N–H and O–H groups in total. The lowest BCUT2D eigenvalue weighted by Gasteiger charge is -2.35. The molecule has 2 unspecified atom stereocenters. The van der Waals surface area contributed by atoms with Crippen LogP contribution in [0.25, 0.3) is 0 Å². The van der Waals surface area contributed by atoms with Crippen LogP contribution in [-0.4, -0.2) is 50.8 Å². The number of anilines is 1. The lowest BCUT2D eigenvalue weighted by Crippen LogP contribution is -2.40. The number of nitrogen functional groups attached to an aromatic ring is 1. The summed E-state index contributed by atoms with van der Waals surface area (Å²) in [7, 11) is 1.67. The Morgan fingerprint density at radius 2 is 1.89 bits per heavy atom. The molecule has 2 atom stereocenters. The summed E-state index contributed by atoms with van der Waals surface area (Å²) in [5.41, 5.74) is 7.47. The Hall–Kier alpha value is -1.01. The molecule has 28 heavy (non-hydrogen) atoms. The Kier molecular flexibility index (Phi) is 6.66. The molecule has 3 heterocycles. The van der Waals surface area contributed by atoms with Crippen LogP contribution in [0.5, 0.6) is 5.75 Å². The smallest absolute Gasteiger partial charge is 0.126 e. The van der Waals surface area contributed by atoms with Crippen molar-refractivity contribution >= 4 is 17.3 Å². The van der Waals surface area contributed by atoms with E-state index in [-0.39, 0.29) is 6.10 Å². The minimum Gasteiger partial charge on any atom is -0.496 e. The van der Waals surface area contributed by atoms with Gasteiger partial charge in [-0.05, 0) is 82.6 Å². The zero-order chi connectivity index (χ0) is 19.5. The van der Waals surface area contributed by atoms with Crippen LogP contribution in [0.4, 0.5) is 5.69 Å². The summed E-state index contributed by atoms with van der Waals surface area (Å²) in [5.74, 6) is 2.52. The van der Waals surface area contributed by atoms with Gasteiger partial charge in [-0.3, -0.25) is 0 Å². The summed E-state index contributed by atoms with van der Waals surface area (Å²) in [6.07, 6.45) is 8.13. The highest BCUT2D eigenvalue weighted by atomic mass is 35.5. The average molecular weight is 408 g/mol. The fraction of sp³-hybridized carbons (Fsp3) is 0.727. The van der Waals surface area contributed by atoms with E-state index in [1.807, 2.05) is 6.07 Å². The number of likely N-dealkylation sites (tertiary alicyclic amines) is 1. The number of epoxide rings is 1. The van der Waals surface area contributed by atoms with E-state index in [9.17, 15) is 0 Å². The van der Waals surface area contributed by atoms with Crippen LogP contribution in [0, 0.1) is 11.8 Å². The van der Waals surface area contributed by atoms with E-state index in [1.165, 1.54) is 64.8 Å². The topological polar surface area (TPSA) is 63.1 Å². The summed E-state index contributed by atoms with van der Waals surface area (Å²) in [5, 5.41) is 4.04. The zero-order valence-corrected chi connectivity index (χ0v) is 17.7. The summed E-state index contributed by atoms with van der Waals surface area (Å²) in [6.45, 7) is 6.25. The van der Waals surface area contributed by atoms with Crippen LogP contribution in [0.15, 0.2) is 12.1 Å². The van der Waals surface area contributed by atoms with Crippen molar-refractivity contribution in [2.24, 2.45) is 11.8 Å². The molecule has 0 spiro atoms. The number of halogens is 1. The normalized spacial score (nSPS) is 27.1. The first-order valence-corrected chi connectivity index (χ1v) is 11.2. The molecular weight excluding hydrogens is 374 g/mol. The first-order valence-electron chi connectivity index (χ1n) is 10.9. The fourth-order valence-corrected chi connectivity index (χ4v) is 5.08. The molecule has 3 saturated heterocycles. The first-order chi connectivity index (χ1) is 13.6. The van der Waals surface area contributed by atoms with Crippen molar-refractivity contribution in [3.8, 4) is 5.75 Å². The molecule has 0 aromatic heterocycles. The number of hydrogen-bond donors (Lipinski definition) is 2. The Balaban J connectivity index is 1.19. The van der Waals surface area contributed by atoms with E-state index in [0.29, 0.717) is 16.8 Å². The summed E-state index contributed by atoms with van der Waals surface area (Å²) in [4.78, 5) is 2.70. The number of nitrogens with two attached hydrogens (primary N) is 1. The van der Waals surface area contributed by atoms with Crippen molar-refractivity contribution in [2.75, 3.05) is 45.6 Å². The number of nitrogens with zero attached hydrogens (tertiary/aromatic N) is 1.